The Labute approximate surface area is 239 Å². The lowest BCUT2D eigenvalue weighted by Crippen LogP contribution is -2.29. The molecule has 1 aliphatic rings. The molecule has 0 amide bonds. The van der Waals surface area contributed by atoms with Crippen LogP contribution in [0.25, 0.3) is 6.08 Å². The van der Waals surface area contributed by atoms with Crippen molar-refractivity contribution in [3.8, 4) is 34.5 Å². The van der Waals surface area contributed by atoms with E-state index < -0.39 is 5.92 Å². The third kappa shape index (κ3) is 6.54. The molecule has 0 saturated heterocycles. The molecule has 4 rings (SSSR count). The van der Waals surface area contributed by atoms with Crippen LogP contribution in [0.15, 0.2) is 72.8 Å². The third-order valence-corrected chi connectivity index (χ3v) is 7.36. The van der Waals surface area contributed by atoms with Gasteiger partial charge in [0.05, 0.1) is 34.9 Å². The van der Waals surface area contributed by atoms with Crippen LogP contribution in [0.2, 0.25) is 0 Å². The normalized spacial score (nSPS) is 18.2. The first-order valence-electron chi connectivity index (χ1n) is 13.2. The number of phenols is 2. The van der Waals surface area contributed by atoms with Gasteiger partial charge in [0.15, 0.2) is 40.3 Å². The van der Waals surface area contributed by atoms with E-state index in [9.17, 15) is 19.8 Å². The van der Waals surface area contributed by atoms with Gasteiger partial charge in [-0.3, -0.25) is 9.59 Å². The molecule has 3 aromatic rings. The number of aromatic hydroxyl groups is 2. The SMILES string of the molecule is COc1cc(/C=C/C(=O)CC(=O)C2C=CCC(c3ccc(O)c(OC)c3)C2c2ccc(OC)c(OC)c2)ccc1O. The first-order valence-corrected chi connectivity index (χ1v) is 13.2. The van der Waals surface area contributed by atoms with Crippen LogP contribution in [0.1, 0.15) is 41.4 Å². The molecule has 0 fully saturated rings. The number of ether oxygens (including phenoxy) is 4. The van der Waals surface area contributed by atoms with Gasteiger partial charge >= 0.3 is 0 Å². The number of carbonyl (C=O) groups excluding carboxylic acids is 2. The maximum absolute atomic E-state index is 13.7. The van der Waals surface area contributed by atoms with Crippen molar-refractivity contribution < 1.29 is 38.7 Å². The second-order valence-electron chi connectivity index (χ2n) is 9.74. The smallest absolute Gasteiger partial charge is 0.163 e. The highest BCUT2D eigenvalue weighted by molar-refractivity contribution is 6.07. The van der Waals surface area contributed by atoms with E-state index in [0.717, 1.165) is 11.1 Å². The zero-order valence-corrected chi connectivity index (χ0v) is 23.5. The molecular weight excluding hydrogens is 524 g/mol. The van der Waals surface area contributed by atoms with E-state index >= 15 is 0 Å². The molecule has 0 aromatic heterocycles. The molecule has 0 bridgehead atoms. The number of Topliss-reactive ketones (excluding diaryl/α,β-unsaturated/α-hetero) is 1. The number of rotatable bonds is 11. The Hall–Kier alpha value is -4.72. The number of hydrogen-bond donors (Lipinski definition) is 2. The quantitative estimate of drug-likeness (QED) is 0.172. The van der Waals surface area contributed by atoms with Crippen LogP contribution < -0.4 is 18.9 Å². The number of carbonyl (C=O) groups is 2. The molecule has 3 atom stereocenters. The molecule has 2 N–H and O–H groups in total. The predicted octanol–water partition coefficient (Wildman–Crippen LogP) is 5.82. The summed E-state index contributed by atoms with van der Waals surface area (Å²) in [7, 11) is 6.06. The van der Waals surface area contributed by atoms with Crippen molar-refractivity contribution in [2.45, 2.75) is 24.7 Å². The third-order valence-electron chi connectivity index (χ3n) is 7.36. The van der Waals surface area contributed by atoms with Gasteiger partial charge in [-0.1, -0.05) is 36.4 Å². The Kier molecular flexibility index (Phi) is 9.34. The summed E-state index contributed by atoms with van der Waals surface area (Å²) in [6, 6.07) is 15.5. The summed E-state index contributed by atoms with van der Waals surface area (Å²) >= 11 is 0. The van der Waals surface area contributed by atoms with Gasteiger partial charge in [0, 0.05) is 11.8 Å². The van der Waals surface area contributed by atoms with Gasteiger partial charge in [-0.05, 0) is 71.5 Å². The van der Waals surface area contributed by atoms with Gasteiger partial charge in [-0.15, -0.1) is 0 Å². The van der Waals surface area contributed by atoms with E-state index in [1.807, 2.05) is 36.4 Å². The van der Waals surface area contributed by atoms with Gasteiger partial charge in [-0.25, -0.2) is 0 Å². The van der Waals surface area contributed by atoms with E-state index in [0.29, 0.717) is 29.2 Å². The van der Waals surface area contributed by atoms with Crippen LogP contribution >= 0.6 is 0 Å². The molecule has 3 unspecified atom stereocenters. The molecule has 8 nitrogen and oxygen atoms in total. The van der Waals surface area contributed by atoms with E-state index in [4.69, 9.17) is 18.9 Å². The lowest BCUT2D eigenvalue weighted by atomic mass is 9.67. The van der Waals surface area contributed by atoms with Gasteiger partial charge in [-0.2, -0.15) is 0 Å². The monoisotopic (exact) mass is 558 g/mol. The Morgan fingerprint density at radius 3 is 2.07 bits per heavy atom. The minimum Gasteiger partial charge on any atom is -0.504 e. The second-order valence-corrected chi connectivity index (χ2v) is 9.74. The minimum absolute atomic E-state index is 0.00255. The number of ketones is 2. The van der Waals surface area contributed by atoms with Crippen molar-refractivity contribution in [3.63, 3.8) is 0 Å². The molecule has 41 heavy (non-hydrogen) atoms. The van der Waals surface area contributed by atoms with Crippen molar-refractivity contribution in [2.24, 2.45) is 5.92 Å². The lowest BCUT2D eigenvalue weighted by Gasteiger charge is -2.35. The van der Waals surface area contributed by atoms with Crippen molar-refractivity contribution in [2.75, 3.05) is 28.4 Å². The maximum Gasteiger partial charge on any atom is 0.163 e. The Morgan fingerprint density at radius 2 is 1.39 bits per heavy atom. The van der Waals surface area contributed by atoms with Crippen LogP contribution in [0.4, 0.5) is 0 Å². The van der Waals surface area contributed by atoms with Gasteiger partial charge in [0.1, 0.15) is 5.78 Å². The topological polar surface area (TPSA) is 112 Å². The van der Waals surface area contributed by atoms with E-state index in [2.05, 4.69) is 0 Å². The fourth-order valence-electron chi connectivity index (χ4n) is 5.30. The lowest BCUT2D eigenvalue weighted by molar-refractivity contribution is -0.127. The molecular formula is C33H34O8. The summed E-state index contributed by atoms with van der Waals surface area (Å²) in [5.41, 5.74) is 2.42. The first kappa shape index (κ1) is 29.3. The van der Waals surface area contributed by atoms with Crippen LogP contribution in [-0.4, -0.2) is 50.2 Å². The minimum atomic E-state index is -0.585. The molecule has 0 saturated carbocycles. The summed E-state index contributed by atoms with van der Waals surface area (Å²) in [6.45, 7) is 0. The molecule has 0 radical (unpaired) electrons. The zero-order valence-electron chi connectivity index (χ0n) is 23.5. The maximum atomic E-state index is 13.7. The van der Waals surface area contributed by atoms with E-state index in [1.54, 1.807) is 44.6 Å². The molecule has 0 heterocycles. The number of benzene rings is 3. The van der Waals surface area contributed by atoms with Crippen molar-refractivity contribution in [1.82, 2.24) is 0 Å². The van der Waals surface area contributed by atoms with Crippen molar-refractivity contribution in [3.05, 3.63) is 89.5 Å². The van der Waals surface area contributed by atoms with Crippen LogP contribution in [0.5, 0.6) is 34.5 Å². The summed E-state index contributed by atoms with van der Waals surface area (Å²) in [5, 5.41) is 20.0. The van der Waals surface area contributed by atoms with Crippen LogP contribution in [0, 0.1) is 5.92 Å². The van der Waals surface area contributed by atoms with Gasteiger partial charge in [0.2, 0.25) is 0 Å². The van der Waals surface area contributed by atoms with E-state index in [1.165, 1.54) is 26.4 Å². The average Bonchev–Trinajstić information content (AvgIpc) is 3.00. The number of hydrogen-bond acceptors (Lipinski definition) is 8. The first-order chi connectivity index (χ1) is 19.8. The molecule has 8 heteroatoms. The summed E-state index contributed by atoms with van der Waals surface area (Å²) < 4.78 is 21.4. The number of methoxy groups -OCH3 is 4. The summed E-state index contributed by atoms with van der Waals surface area (Å²) in [6.07, 6.45) is 7.16. The fourth-order valence-corrected chi connectivity index (χ4v) is 5.30. The van der Waals surface area contributed by atoms with Crippen LogP contribution in [-0.2, 0) is 9.59 Å². The zero-order chi connectivity index (χ0) is 29.5. The van der Waals surface area contributed by atoms with Crippen molar-refractivity contribution in [1.29, 1.82) is 0 Å². The van der Waals surface area contributed by atoms with Gasteiger partial charge < -0.3 is 29.2 Å². The highest BCUT2D eigenvalue weighted by Crippen LogP contribution is 2.48. The van der Waals surface area contributed by atoms with Crippen molar-refractivity contribution >= 4 is 17.6 Å². The summed E-state index contributed by atoms with van der Waals surface area (Å²) in [4.78, 5) is 26.6. The Morgan fingerprint density at radius 1 is 0.780 bits per heavy atom. The molecule has 3 aromatic carbocycles. The largest absolute Gasteiger partial charge is 0.504 e. The number of phenolic OH excluding ortho intramolecular Hbond substituents is 2. The van der Waals surface area contributed by atoms with Crippen LogP contribution in [0.3, 0.4) is 0 Å². The molecule has 214 valence electrons. The standard InChI is InChI=1S/C33H34O8/c1-38-29-15-11-22(18-32(29)41-4)33-24(21-10-14-27(36)31(17-21)40-3)6-5-7-25(33)28(37)19-23(34)12-8-20-9-13-26(35)30(16-20)39-2/h5,7-18,24-25,33,35-36H,6,19H2,1-4H3/b12-8+. The van der Waals surface area contributed by atoms with E-state index in [-0.39, 0.29) is 47.1 Å². The van der Waals surface area contributed by atoms with Gasteiger partial charge in [0.25, 0.3) is 0 Å². The molecule has 0 spiro atoms. The Balaban J connectivity index is 1.66. The average molecular weight is 559 g/mol. The predicted molar refractivity (Wildman–Crippen MR) is 155 cm³/mol. The molecule has 1 aliphatic carbocycles. The highest BCUT2D eigenvalue weighted by Gasteiger charge is 2.37. The Bertz CT molecular complexity index is 1470. The fraction of sp³-hybridized carbons (Fsp3) is 0.273. The second kappa shape index (κ2) is 13.1. The molecule has 0 aliphatic heterocycles. The summed E-state index contributed by atoms with van der Waals surface area (Å²) in [5.74, 6) is 0.169. The highest BCUT2D eigenvalue weighted by atomic mass is 16.5. The number of allylic oxidation sites excluding steroid dienone is 3.